The van der Waals surface area contributed by atoms with Gasteiger partial charge in [0.1, 0.15) is 11.2 Å². The summed E-state index contributed by atoms with van der Waals surface area (Å²) in [6, 6.07) is 5.60. The first kappa shape index (κ1) is 15.8. The maximum absolute atomic E-state index is 13.4. The van der Waals surface area contributed by atoms with Gasteiger partial charge in [0.15, 0.2) is 0 Å². The van der Waals surface area contributed by atoms with E-state index in [0.717, 1.165) is 11.8 Å². The number of hydrogen-bond acceptors (Lipinski definition) is 4. The van der Waals surface area contributed by atoms with Gasteiger partial charge in [-0.15, -0.1) is 11.8 Å². The number of amides is 1. The Labute approximate surface area is 125 Å². The summed E-state index contributed by atoms with van der Waals surface area (Å²) in [4.78, 5) is 23.5. The third-order valence-corrected chi connectivity index (χ3v) is 4.52. The van der Waals surface area contributed by atoms with Gasteiger partial charge in [-0.3, -0.25) is 9.59 Å². The lowest BCUT2D eigenvalue weighted by molar-refractivity contribution is -0.148. The maximum Gasteiger partial charge on any atom is 0.313 e. The normalized spacial score (nSPS) is 24.8. The zero-order valence-electron chi connectivity index (χ0n) is 11.5. The molecular formula is C14H16FNO4S. The van der Waals surface area contributed by atoms with Crippen LogP contribution < -0.4 is 5.32 Å². The van der Waals surface area contributed by atoms with Crippen LogP contribution >= 0.6 is 11.8 Å². The molecule has 0 aliphatic carbocycles. The fourth-order valence-electron chi connectivity index (χ4n) is 2.03. The molecule has 0 radical (unpaired) electrons. The Kier molecular flexibility index (Phi) is 4.84. The molecule has 0 aromatic heterocycles. The highest BCUT2D eigenvalue weighted by molar-refractivity contribution is 8.00. The molecule has 0 bridgehead atoms. The Balaban J connectivity index is 1.90. The van der Waals surface area contributed by atoms with Crippen LogP contribution in [-0.2, 0) is 14.3 Å². The van der Waals surface area contributed by atoms with Crippen LogP contribution in [0.15, 0.2) is 29.2 Å². The number of nitrogens with one attached hydrogen (secondary N) is 1. The summed E-state index contributed by atoms with van der Waals surface area (Å²) in [5.41, 5.74) is -1.13. The summed E-state index contributed by atoms with van der Waals surface area (Å²) in [7, 11) is 0. The molecule has 7 heteroatoms. The van der Waals surface area contributed by atoms with Gasteiger partial charge >= 0.3 is 5.97 Å². The fourth-order valence-corrected chi connectivity index (χ4v) is 2.78. The number of carbonyl (C=O) groups is 2. The van der Waals surface area contributed by atoms with Gasteiger partial charge in [-0.05, 0) is 19.1 Å². The molecule has 1 amide bonds. The minimum Gasteiger partial charge on any atom is -0.481 e. The van der Waals surface area contributed by atoms with E-state index in [1.807, 2.05) is 0 Å². The highest BCUT2D eigenvalue weighted by atomic mass is 32.2. The topological polar surface area (TPSA) is 75.6 Å². The monoisotopic (exact) mass is 313 g/mol. The van der Waals surface area contributed by atoms with Gasteiger partial charge < -0.3 is 15.2 Å². The van der Waals surface area contributed by atoms with Crippen molar-refractivity contribution in [2.75, 3.05) is 19.0 Å². The summed E-state index contributed by atoms with van der Waals surface area (Å²) in [6.45, 7) is 1.77. The van der Waals surface area contributed by atoms with E-state index in [9.17, 15) is 19.1 Å². The van der Waals surface area contributed by atoms with Crippen LogP contribution in [0.25, 0.3) is 0 Å². The van der Waals surface area contributed by atoms with Crippen molar-refractivity contribution in [3.05, 3.63) is 30.1 Å². The number of hydrogen-bond donors (Lipinski definition) is 2. The molecule has 114 valence electrons. The number of rotatable bonds is 5. The quantitative estimate of drug-likeness (QED) is 0.806. The van der Waals surface area contributed by atoms with E-state index in [-0.39, 0.29) is 30.7 Å². The summed E-state index contributed by atoms with van der Waals surface area (Å²) in [6.07, 6.45) is 0. The number of carbonyl (C=O) groups excluding carboxylic acids is 1. The average molecular weight is 313 g/mol. The molecular weight excluding hydrogens is 297 g/mol. The highest BCUT2D eigenvalue weighted by Crippen LogP contribution is 2.29. The zero-order valence-corrected chi connectivity index (χ0v) is 12.3. The molecule has 2 unspecified atom stereocenters. The summed E-state index contributed by atoms with van der Waals surface area (Å²) in [5.74, 6) is -1.71. The molecule has 1 aliphatic heterocycles. The van der Waals surface area contributed by atoms with E-state index in [1.165, 1.54) is 13.0 Å². The van der Waals surface area contributed by atoms with Crippen LogP contribution in [0.5, 0.6) is 0 Å². The summed E-state index contributed by atoms with van der Waals surface area (Å²) < 4.78 is 18.6. The Bertz CT molecular complexity index is 554. The molecule has 2 N–H and O–H groups in total. The average Bonchev–Trinajstić information content (AvgIpc) is 2.81. The van der Waals surface area contributed by atoms with Gasteiger partial charge in [0.2, 0.25) is 5.91 Å². The number of aliphatic carboxylic acids is 1. The number of halogens is 1. The Hall–Kier alpha value is -1.60. The largest absolute Gasteiger partial charge is 0.481 e. The van der Waals surface area contributed by atoms with Crippen LogP contribution in [0.1, 0.15) is 6.92 Å². The summed E-state index contributed by atoms with van der Waals surface area (Å²) in [5, 5.41) is 11.9. The van der Waals surface area contributed by atoms with Crippen LogP contribution in [0.4, 0.5) is 4.39 Å². The molecule has 0 saturated carbocycles. The Morgan fingerprint density at radius 3 is 2.90 bits per heavy atom. The fraction of sp³-hybridized carbons (Fsp3) is 0.429. The van der Waals surface area contributed by atoms with Crippen molar-refractivity contribution in [3.63, 3.8) is 0 Å². The van der Waals surface area contributed by atoms with Crippen molar-refractivity contribution < 1.29 is 23.8 Å². The van der Waals surface area contributed by atoms with E-state index in [1.54, 1.807) is 18.2 Å². The van der Waals surface area contributed by atoms with Gasteiger partial charge in [-0.1, -0.05) is 12.1 Å². The van der Waals surface area contributed by atoms with E-state index in [4.69, 9.17) is 4.74 Å². The highest BCUT2D eigenvalue weighted by Gasteiger charge is 2.47. The molecule has 2 atom stereocenters. The lowest BCUT2D eigenvalue weighted by Gasteiger charge is -2.25. The number of thioether (sulfide) groups is 1. The predicted octanol–water partition coefficient (Wildman–Crippen LogP) is 1.52. The van der Waals surface area contributed by atoms with Crippen molar-refractivity contribution in [2.45, 2.75) is 17.9 Å². The second-order valence-corrected chi connectivity index (χ2v) is 6.09. The van der Waals surface area contributed by atoms with Crippen molar-refractivity contribution >= 4 is 23.6 Å². The molecule has 1 aromatic carbocycles. The lowest BCUT2D eigenvalue weighted by atomic mass is 9.85. The van der Waals surface area contributed by atoms with Crippen LogP contribution in [0.3, 0.4) is 0 Å². The zero-order chi connectivity index (χ0) is 15.5. The minimum absolute atomic E-state index is 0.0210. The standard InChI is InChI=1S/C14H16FNO4S/c1-14(13(18)19)8-20-6-11(14)16-12(17)7-21-10-5-3-2-4-9(10)15/h2-5,11H,6-8H2,1H3,(H,16,17)(H,18,19). The Morgan fingerprint density at radius 2 is 2.24 bits per heavy atom. The number of carboxylic acid groups (broad SMARTS) is 1. The first-order chi connectivity index (χ1) is 9.93. The third-order valence-electron chi connectivity index (χ3n) is 3.47. The molecule has 1 fully saturated rings. The molecule has 1 aromatic rings. The van der Waals surface area contributed by atoms with Gasteiger partial charge in [0.25, 0.3) is 0 Å². The smallest absolute Gasteiger partial charge is 0.313 e. The van der Waals surface area contributed by atoms with Gasteiger partial charge in [-0.25, -0.2) is 4.39 Å². The lowest BCUT2D eigenvalue weighted by Crippen LogP contribution is -2.50. The van der Waals surface area contributed by atoms with E-state index >= 15 is 0 Å². The molecule has 21 heavy (non-hydrogen) atoms. The Morgan fingerprint density at radius 1 is 1.52 bits per heavy atom. The van der Waals surface area contributed by atoms with Crippen LogP contribution in [-0.4, -0.2) is 42.0 Å². The van der Waals surface area contributed by atoms with Crippen molar-refractivity contribution in [1.29, 1.82) is 0 Å². The number of ether oxygens (including phenoxy) is 1. The van der Waals surface area contributed by atoms with Crippen LogP contribution in [0.2, 0.25) is 0 Å². The maximum atomic E-state index is 13.4. The van der Waals surface area contributed by atoms with E-state index in [0.29, 0.717) is 4.90 Å². The van der Waals surface area contributed by atoms with Crippen molar-refractivity contribution in [1.82, 2.24) is 5.32 Å². The third kappa shape index (κ3) is 3.54. The van der Waals surface area contributed by atoms with Gasteiger partial charge in [-0.2, -0.15) is 0 Å². The second-order valence-electron chi connectivity index (χ2n) is 5.08. The number of benzene rings is 1. The predicted molar refractivity (Wildman–Crippen MR) is 75.6 cm³/mol. The molecule has 5 nitrogen and oxygen atoms in total. The molecule has 1 heterocycles. The first-order valence-electron chi connectivity index (χ1n) is 6.41. The van der Waals surface area contributed by atoms with Crippen LogP contribution in [0, 0.1) is 11.2 Å². The first-order valence-corrected chi connectivity index (χ1v) is 7.40. The summed E-state index contributed by atoms with van der Waals surface area (Å²) >= 11 is 1.07. The molecule has 1 saturated heterocycles. The second kappa shape index (κ2) is 6.44. The molecule has 2 rings (SSSR count). The van der Waals surface area contributed by atoms with Crippen molar-refractivity contribution in [3.8, 4) is 0 Å². The van der Waals surface area contributed by atoms with Gasteiger partial charge in [0.05, 0.1) is 25.0 Å². The number of carboxylic acids is 1. The molecule has 0 spiro atoms. The van der Waals surface area contributed by atoms with Gasteiger partial charge in [0, 0.05) is 4.90 Å². The van der Waals surface area contributed by atoms with E-state index in [2.05, 4.69) is 5.32 Å². The van der Waals surface area contributed by atoms with E-state index < -0.39 is 17.4 Å². The SMILES string of the molecule is CC1(C(=O)O)COCC1NC(=O)CSc1ccccc1F. The minimum atomic E-state index is -1.13. The molecule has 1 aliphatic rings. The van der Waals surface area contributed by atoms with Crippen molar-refractivity contribution in [2.24, 2.45) is 5.41 Å².